The van der Waals surface area contributed by atoms with E-state index < -0.39 is 0 Å². The van der Waals surface area contributed by atoms with Crippen molar-refractivity contribution in [3.63, 3.8) is 0 Å². The fourth-order valence-electron chi connectivity index (χ4n) is 3.31. The fraction of sp³-hybridized carbons (Fsp3) is 0.167. The molecule has 0 aliphatic carbocycles. The highest BCUT2D eigenvalue weighted by Gasteiger charge is 2.13. The molecule has 0 radical (unpaired) electrons. The predicted molar refractivity (Wildman–Crippen MR) is 120 cm³/mol. The van der Waals surface area contributed by atoms with Crippen LogP contribution in [0.3, 0.4) is 0 Å². The Bertz CT molecular complexity index is 1150. The minimum absolute atomic E-state index is 0.143. The average Bonchev–Trinajstić information content (AvgIpc) is 3.28. The van der Waals surface area contributed by atoms with Crippen LogP contribution in [-0.4, -0.2) is 10.8 Å². The first-order valence-corrected chi connectivity index (χ1v) is 10.9. The van der Waals surface area contributed by atoms with Crippen LogP contribution in [0.15, 0.2) is 60.0 Å². The van der Waals surface area contributed by atoms with Gasteiger partial charge in [0.15, 0.2) is 5.78 Å². The molecule has 0 atom stereocenters. The molecule has 0 fully saturated rings. The molecule has 0 unspecified atom stereocenters. The summed E-state index contributed by atoms with van der Waals surface area (Å²) < 4.78 is 0. The standard InChI is InChI=1S/C24H21NOS2/c1-15-6-4-9-20(10-15)22(26)13-18-7-5-8-19(12-18)21-14-27-24(25-21)23-16(2)11-17(3)28-23/h4-12,14H,13H2,1-3H3. The summed E-state index contributed by atoms with van der Waals surface area (Å²) in [6.07, 6.45) is 0.400. The number of carbonyl (C=O) groups excluding carboxylic acids is 1. The number of nitrogens with zero attached hydrogens (tertiary/aromatic N) is 1. The average molecular weight is 404 g/mol. The number of carbonyl (C=O) groups is 1. The van der Waals surface area contributed by atoms with Gasteiger partial charge in [-0.1, -0.05) is 42.0 Å². The molecular formula is C24H21NOS2. The lowest BCUT2D eigenvalue weighted by molar-refractivity contribution is 0.0993. The molecule has 0 spiro atoms. The van der Waals surface area contributed by atoms with Gasteiger partial charge in [-0.15, -0.1) is 22.7 Å². The van der Waals surface area contributed by atoms with E-state index in [1.165, 1.54) is 15.3 Å². The van der Waals surface area contributed by atoms with Crippen molar-refractivity contribution in [1.29, 1.82) is 0 Å². The Morgan fingerprint density at radius 1 is 1.00 bits per heavy atom. The van der Waals surface area contributed by atoms with Crippen LogP contribution < -0.4 is 0 Å². The normalized spacial score (nSPS) is 11.0. The molecular weight excluding hydrogens is 382 g/mol. The van der Waals surface area contributed by atoms with Crippen molar-refractivity contribution >= 4 is 28.5 Å². The Morgan fingerprint density at radius 3 is 2.57 bits per heavy atom. The lowest BCUT2D eigenvalue weighted by Crippen LogP contribution is -2.03. The topological polar surface area (TPSA) is 30.0 Å². The number of hydrogen-bond acceptors (Lipinski definition) is 4. The third-order valence-corrected chi connectivity index (χ3v) is 6.82. The first-order chi connectivity index (χ1) is 13.5. The number of Topliss-reactive ketones (excluding diaryl/α,β-unsaturated/α-hetero) is 1. The molecule has 0 N–H and O–H groups in total. The summed E-state index contributed by atoms with van der Waals surface area (Å²) in [7, 11) is 0. The summed E-state index contributed by atoms with van der Waals surface area (Å²) in [5, 5.41) is 3.16. The fourth-order valence-corrected chi connectivity index (χ4v) is 5.32. The molecule has 0 amide bonds. The van der Waals surface area contributed by atoms with Crippen molar-refractivity contribution in [3.8, 4) is 21.1 Å². The van der Waals surface area contributed by atoms with E-state index >= 15 is 0 Å². The number of rotatable bonds is 5. The molecule has 4 aromatic rings. The first kappa shape index (κ1) is 18.8. The van der Waals surface area contributed by atoms with Crippen LogP contribution in [0.25, 0.3) is 21.1 Å². The van der Waals surface area contributed by atoms with Gasteiger partial charge in [0.2, 0.25) is 0 Å². The maximum Gasteiger partial charge on any atom is 0.167 e. The second-order valence-electron chi connectivity index (χ2n) is 7.08. The molecule has 4 heteroatoms. The molecule has 0 saturated carbocycles. The maximum atomic E-state index is 12.6. The van der Waals surface area contributed by atoms with E-state index in [-0.39, 0.29) is 5.78 Å². The Hall–Kier alpha value is -2.56. The molecule has 0 aliphatic heterocycles. The van der Waals surface area contributed by atoms with Crippen molar-refractivity contribution in [2.45, 2.75) is 27.2 Å². The summed E-state index contributed by atoms with van der Waals surface area (Å²) in [6.45, 7) is 6.27. The van der Waals surface area contributed by atoms with Gasteiger partial charge < -0.3 is 0 Å². The van der Waals surface area contributed by atoms with Crippen molar-refractivity contribution in [2.24, 2.45) is 0 Å². The van der Waals surface area contributed by atoms with Gasteiger partial charge in [0, 0.05) is 27.8 Å². The van der Waals surface area contributed by atoms with Gasteiger partial charge in [-0.25, -0.2) is 4.98 Å². The lowest BCUT2D eigenvalue weighted by Gasteiger charge is -2.05. The minimum Gasteiger partial charge on any atom is -0.294 e. The third-order valence-electron chi connectivity index (χ3n) is 4.67. The number of aromatic nitrogens is 1. The van der Waals surface area contributed by atoms with Gasteiger partial charge in [-0.3, -0.25) is 4.79 Å². The van der Waals surface area contributed by atoms with Crippen LogP contribution >= 0.6 is 22.7 Å². The molecule has 2 heterocycles. The molecule has 0 bridgehead atoms. The Kier molecular flexibility index (Phi) is 5.25. The highest BCUT2D eigenvalue weighted by Crippen LogP contribution is 2.36. The largest absolute Gasteiger partial charge is 0.294 e. The van der Waals surface area contributed by atoms with Gasteiger partial charge in [0.05, 0.1) is 10.6 Å². The van der Waals surface area contributed by atoms with E-state index in [9.17, 15) is 4.79 Å². The minimum atomic E-state index is 0.143. The van der Waals surface area contributed by atoms with Gasteiger partial charge >= 0.3 is 0 Å². The van der Waals surface area contributed by atoms with E-state index in [0.717, 1.165) is 33.0 Å². The summed E-state index contributed by atoms with van der Waals surface area (Å²) in [4.78, 5) is 20.0. The Balaban J connectivity index is 1.57. The number of aryl methyl sites for hydroxylation is 3. The summed E-state index contributed by atoms with van der Waals surface area (Å²) in [6, 6.07) is 18.1. The van der Waals surface area contributed by atoms with Crippen LogP contribution in [0.1, 0.15) is 31.9 Å². The molecule has 140 valence electrons. The number of thiophene rings is 1. The Morgan fingerprint density at radius 2 is 1.82 bits per heavy atom. The van der Waals surface area contributed by atoms with Crippen LogP contribution in [0, 0.1) is 20.8 Å². The van der Waals surface area contributed by atoms with Crippen LogP contribution in [0.4, 0.5) is 0 Å². The lowest BCUT2D eigenvalue weighted by atomic mass is 10.00. The van der Waals surface area contributed by atoms with E-state index in [0.29, 0.717) is 6.42 Å². The zero-order valence-corrected chi connectivity index (χ0v) is 17.8. The smallest absolute Gasteiger partial charge is 0.167 e. The van der Waals surface area contributed by atoms with Crippen LogP contribution in [-0.2, 0) is 6.42 Å². The molecule has 2 nitrogen and oxygen atoms in total. The summed E-state index contributed by atoms with van der Waals surface area (Å²) >= 11 is 3.47. The van der Waals surface area contributed by atoms with Crippen LogP contribution in [0.5, 0.6) is 0 Å². The van der Waals surface area contributed by atoms with E-state index in [1.54, 1.807) is 22.7 Å². The van der Waals surface area contributed by atoms with Crippen molar-refractivity contribution < 1.29 is 4.79 Å². The second kappa shape index (κ2) is 7.82. The highest BCUT2D eigenvalue weighted by molar-refractivity contribution is 7.21. The van der Waals surface area contributed by atoms with Crippen LogP contribution in [0.2, 0.25) is 0 Å². The molecule has 28 heavy (non-hydrogen) atoms. The molecule has 2 aromatic carbocycles. The zero-order chi connectivity index (χ0) is 19.7. The number of thiazole rings is 1. The van der Waals surface area contributed by atoms with E-state index in [4.69, 9.17) is 4.98 Å². The SMILES string of the molecule is Cc1cccc(C(=O)Cc2cccc(-c3csc(-c4sc(C)cc4C)n3)c2)c1. The number of hydrogen-bond donors (Lipinski definition) is 0. The van der Waals surface area contributed by atoms with Crippen molar-refractivity contribution in [2.75, 3.05) is 0 Å². The molecule has 2 aromatic heterocycles. The molecule has 0 aliphatic rings. The zero-order valence-electron chi connectivity index (χ0n) is 16.2. The van der Waals surface area contributed by atoms with Crippen molar-refractivity contribution in [1.82, 2.24) is 4.98 Å². The third kappa shape index (κ3) is 3.98. The quantitative estimate of drug-likeness (QED) is 0.340. The van der Waals surface area contributed by atoms with Gasteiger partial charge in [0.1, 0.15) is 5.01 Å². The van der Waals surface area contributed by atoms with E-state index in [2.05, 4.69) is 37.4 Å². The van der Waals surface area contributed by atoms with Gasteiger partial charge in [0.25, 0.3) is 0 Å². The Labute approximate surface area is 173 Å². The maximum absolute atomic E-state index is 12.6. The first-order valence-electron chi connectivity index (χ1n) is 9.22. The second-order valence-corrected chi connectivity index (χ2v) is 9.19. The predicted octanol–water partition coefficient (Wildman–Crippen LogP) is 6.89. The molecule has 0 saturated heterocycles. The van der Waals surface area contributed by atoms with Gasteiger partial charge in [-0.05, 0) is 50.1 Å². The number of ketones is 1. The van der Waals surface area contributed by atoms with E-state index in [1.807, 2.05) is 43.3 Å². The summed E-state index contributed by atoms with van der Waals surface area (Å²) in [5.41, 5.74) is 6.19. The molecule has 4 rings (SSSR count). The monoisotopic (exact) mass is 403 g/mol. The van der Waals surface area contributed by atoms with Crippen molar-refractivity contribution in [3.05, 3.63) is 87.1 Å². The van der Waals surface area contributed by atoms with Gasteiger partial charge in [-0.2, -0.15) is 0 Å². The summed E-state index contributed by atoms with van der Waals surface area (Å²) in [5.74, 6) is 0.143. The highest BCUT2D eigenvalue weighted by atomic mass is 32.1. The number of benzene rings is 2.